The van der Waals surface area contributed by atoms with Crippen molar-refractivity contribution in [1.82, 2.24) is 9.97 Å². The number of fused-ring (bicyclic) bond motifs is 1. The minimum absolute atomic E-state index is 0.0234. The number of hydrogen-bond acceptors (Lipinski definition) is 3. The molecule has 1 aromatic rings. The van der Waals surface area contributed by atoms with Crippen LogP contribution >= 0.6 is 11.6 Å². The van der Waals surface area contributed by atoms with Gasteiger partial charge in [0, 0.05) is 17.9 Å². The molecule has 0 aliphatic heterocycles. The predicted molar refractivity (Wildman–Crippen MR) is 68.3 cm³/mol. The van der Waals surface area contributed by atoms with Crippen molar-refractivity contribution in [3.63, 3.8) is 0 Å². The largest absolute Gasteiger partial charge is 0.371 e. The van der Waals surface area contributed by atoms with Crippen molar-refractivity contribution in [2.75, 3.05) is 6.61 Å². The van der Waals surface area contributed by atoms with Gasteiger partial charge in [0.1, 0.15) is 11.3 Å². The van der Waals surface area contributed by atoms with Crippen molar-refractivity contribution >= 4 is 11.6 Å². The molecule has 1 aliphatic rings. The second-order valence-corrected chi connectivity index (χ2v) is 4.72. The number of halogens is 1. The fourth-order valence-corrected chi connectivity index (χ4v) is 2.58. The lowest BCUT2D eigenvalue weighted by molar-refractivity contribution is 0.0532. The average Bonchev–Trinajstić information content (AvgIpc) is 2.36. The van der Waals surface area contributed by atoms with E-state index in [1.807, 2.05) is 6.92 Å². The van der Waals surface area contributed by atoms with Crippen LogP contribution in [0.4, 0.5) is 0 Å². The zero-order valence-corrected chi connectivity index (χ0v) is 11.3. The van der Waals surface area contributed by atoms with Crippen molar-refractivity contribution in [1.29, 1.82) is 0 Å². The smallest absolute Gasteiger partial charge is 0.159 e. The van der Waals surface area contributed by atoms with Gasteiger partial charge < -0.3 is 4.74 Å². The Balaban J connectivity index is 2.32. The predicted octanol–water partition coefficient (Wildman–Crippen LogP) is 3.50. The van der Waals surface area contributed by atoms with E-state index in [0.717, 1.165) is 36.3 Å². The number of rotatable bonds is 4. The second-order valence-electron chi connectivity index (χ2n) is 4.36. The Bertz CT molecular complexity index is 395. The molecule has 2 rings (SSSR count). The first kappa shape index (κ1) is 12.8. The molecular formula is C13H19ClN2O. The molecule has 1 atom stereocenters. The fraction of sp³-hybridized carbons (Fsp3) is 0.692. The van der Waals surface area contributed by atoms with E-state index in [2.05, 4.69) is 16.9 Å². The number of nitrogens with zero attached hydrogens (tertiary/aromatic N) is 2. The van der Waals surface area contributed by atoms with Crippen LogP contribution in [0, 0.1) is 0 Å². The molecule has 0 radical (unpaired) electrons. The van der Waals surface area contributed by atoms with Crippen LogP contribution in [0.1, 0.15) is 56.3 Å². The SMILES string of the molecule is CCOC(CC)c1nc(Cl)c2c(n1)CCCC2. The van der Waals surface area contributed by atoms with E-state index in [9.17, 15) is 0 Å². The third-order valence-corrected chi connectivity index (χ3v) is 3.49. The average molecular weight is 255 g/mol. The van der Waals surface area contributed by atoms with Gasteiger partial charge in [0.25, 0.3) is 0 Å². The highest BCUT2D eigenvalue weighted by Crippen LogP contribution is 2.28. The summed E-state index contributed by atoms with van der Waals surface area (Å²) in [5.41, 5.74) is 2.28. The number of ether oxygens (including phenoxy) is 1. The van der Waals surface area contributed by atoms with Gasteiger partial charge in [-0.25, -0.2) is 9.97 Å². The van der Waals surface area contributed by atoms with Crippen LogP contribution in [0.15, 0.2) is 0 Å². The van der Waals surface area contributed by atoms with Gasteiger partial charge in [-0.1, -0.05) is 18.5 Å². The van der Waals surface area contributed by atoms with Crippen LogP contribution in [-0.2, 0) is 17.6 Å². The number of hydrogen-bond donors (Lipinski definition) is 0. The standard InChI is InChI=1S/C13H19ClN2O/c1-3-11(17-4-2)13-15-10-8-6-5-7-9(10)12(14)16-13/h11H,3-8H2,1-2H3. The highest BCUT2D eigenvalue weighted by Gasteiger charge is 2.20. The first-order chi connectivity index (χ1) is 8.26. The van der Waals surface area contributed by atoms with Crippen molar-refractivity contribution in [3.05, 3.63) is 22.2 Å². The van der Waals surface area contributed by atoms with E-state index in [1.54, 1.807) is 0 Å². The molecular weight excluding hydrogens is 236 g/mol. The van der Waals surface area contributed by atoms with E-state index in [1.165, 1.54) is 12.8 Å². The van der Waals surface area contributed by atoms with Crippen molar-refractivity contribution in [2.24, 2.45) is 0 Å². The lowest BCUT2D eigenvalue weighted by Gasteiger charge is -2.19. The Kier molecular flexibility index (Phi) is 4.35. The monoisotopic (exact) mass is 254 g/mol. The molecule has 1 unspecified atom stereocenters. The summed E-state index contributed by atoms with van der Waals surface area (Å²) in [6.07, 6.45) is 5.28. The third-order valence-electron chi connectivity index (χ3n) is 3.18. The van der Waals surface area contributed by atoms with Gasteiger partial charge >= 0.3 is 0 Å². The number of aryl methyl sites for hydroxylation is 1. The molecule has 0 N–H and O–H groups in total. The quantitative estimate of drug-likeness (QED) is 0.772. The topological polar surface area (TPSA) is 35.0 Å². The van der Waals surface area contributed by atoms with Crippen molar-refractivity contribution in [3.8, 4) is 0 Å². The Hall–Kier alpha value is -0.670. The lowest BCUT2D eigenvalue weighted by atomic mass is 9.97. The van der Waals surface area contributed by atoms with Crippen LogP contribution in [0.3, 0.4) is 0 Å². The normalized spacial score (nSPS) is 16.6. The molecule has 0 aromatic carbocycles. The molecule has 17 heavy (non-hydrogen) atoms. The van der Waals surface area contributed by atoms with Gasteiger partial charge in [-0.15, -0.1) is 0 Å². The van der Waals surface area contributed by atoms with Crippen LogP contribution in [0.25, 0.3) is 0 Å². The molecule has 1 heterocycles. The molecule has 0 saturated heterocycles. The van der Waals surface area contributed by atoms with Gasteiger partial charge in [0.15, 0.2) is 5.82 Å². The molecule has 3 nitrogen and oxygen atoms in total. The zero-order chi connectivity index (χ0) is 12.3. The molecule has 1 aliphatic carbocycles. The minimum Gasteiger partial charge on any atom is -0.371 e. The Morgan fingerprint density at radius 1 is 1.24 bits per heavy atom. The molecule has 0 spiro atoms. The summed E-state index contributed by atoms with van der Waals surface area (Å²) >= 11 is 6.24. The highest BCUT2D eigenvalue weighted by atomic mass is 35.5. The van der Waals surface area contributed by atoms with E-state index < -0.39 is 0 Å². The van der Waals surface area contributed by atoms with Crippen molar-refractivity contribution < 1.29 is 4.74 Å². The van der Waals surface area contributed by atoms with Gasteiger partial charge in [-0.2, -0.15) is 0 Å². The Morgan fingerprint density at radius 3 is 2.71 bits per heavy atom. The first-order valence-corrected chi connectivity index (χ1v) is 6.80. The molecule has 0 amide bonds. The Labute approximate surface area is 108 Å². The first-order valence-electron chi connectivity index (χ1n) is 6.43. The number of aromatic nitrogens is 2. The van der Waals surface area contributed by atoms with Crippen LogP contribution in [0.5, 0.6) is 0 Å². The molecule has 1 aromatic heterocycles. The summed E-state index contributed by atoms with van der Waals surface area (Å²) in [6.45, 7) is 4.75. The third kappa shape index (κ3) is 2.78. The lowest BCUT2D eigenvalue weighted by Crippen LogP contribution is -2.14. The van der Waals surface area contributed by atoms with Crippen LogP contribution in [-0.4, -0.2) is 16.6 Å². The molecule has 4 heteroatoms. The molecule has 0 fully saturated rings. The summed E-state index contributed by atoms with van der Waals surface area (Å²) < 4.78 is 5.64. The highest BCUT2D eigenvalue weighted by molar-refractivity contribution is 6.30. The maximum absolute atomic E-state index is 6.24. The van der Waals surface area contributed by atoms with E-state index in [4.69, 9.17) is 16.3 Å². The maximum Gasteiger partial charge on any atom is 0.159 e. The zero-order valence-electron chi connectivity index (χ0n) is 10.5. The van der Waals surface area contributed by atoms with Crippen molar-refractivity contribution in [2.45, 2.75) is 52.1 Å². The van der Waals surface area contributed by atoms with Gasteiger partial charge in [0.05, 0.1) is 0 Å². The van der Waals surface area contributed by atoms with E-state index in [0.29, 0.717) is 11.8 Å². The maximum atomic E-state index is 6.24. The summed E-state index contributed by atoms with van der Waals surface area (Å²) in [7, 11) is 0. The molecule has 94 valence electrons. The summed E-state index contributed by atoms with van der Waals surface area (Å²) in [6, 6.07) is 0. The van der Waals surface area contributed by atoms with Gasteiger partial charge in [0.2, 0.25) is 0 Å². The van der Waals surface area contributed by atoms with Crippen LogP contribution < -0.4 is 0 Å². The minimum atomic E-state index is -0.0234. The summed E-state index contributed by atoms with van der Waals surface area (Å²) in [5, 5.41) is 0.628. The molecule has 0 bridgehead atoms. The van der Waals surface area contributed by atoms with E-state index >= 15 is 0 Å². The summed E-state index contributed by atoms with van der Waals surface area (Å²) in [5.74, 6) is 0.750. The van der Waals surface area contributed by atoms with Gasteiger partial charge in [-0.3, -0.25) is 0 Å². The van der Waals surface area contributed by atoms with Gasteiger partial charge in [-0.05, 0) is 39.0 Å². The van der Waals surface area contributed by atoms with Crippen LogP contribution in [0.2, 0.25) is 5.15 Å². The molecule has 0 saturated carbocycles. The summed E-state index contributed by atoms with van der Waals surface area (Å²) in [4.78, 5) is 9.05. The second kappa shape index (κ2) is 5.78. The van der Waals surface area contributed by atoms with E-state index in [-0.39, 0.29) is 6.10 Å². The Morgan fingerprint density at radius 2 is 2.00 bits per heavy atom. The fourth-order valence-electron chi connectivity index (χ4n) is 2.29.